The second kappa shape index (κ2) is 5.64. The molecule has 0 radical (unpaired) electrons. The van der Waals surface area contributed by atoms with E-state index in [0.29, 0.717) is 26.4 Å². The van der Waals surface area contributed by atoms with Gasteiger partial charge in [0.25, 0.3) is 0 Å². The van der Waals surface area contributed by atoms with Crippen molar-refractivity contribution in [2.24, 2.45) is 0 Å². The summed E-state index contributed by atoms with van der Waals surface area (Å²) in [5.41, 5.74) is -0.219. The zero-order valence-corrected chi connectivity index (χ0v) is 11.2. The Bertz CT molecular complexity index is 325. The molecule has 3 aliphatic heterocycles. The van der Waals surface area contributed by atoms with Crippen molar-refractivity contribution in [3.8, 4) is 0 Å². The lowest BCUT2D eigenvalue weighted by atomic mass is 9.87. The van der Waals surface area contributed by atoms with E-state index in [2.05, 4.69) is 5.32 Å². The van der Waals surface area contributed by atoms with Gasteiger partial charge in [-0.25, -0.2) is 4.79 Å². The molecule has 3 aliphatic rings. The molecule has 6 heteroatoms. The maximum atomic E-state index is 12.1. The Hall–Kier alpha value is -0.850. The monoisotopic (exact) mass is 270 g/mol. The normalized spacial score (nSPS) is 31.3. The van der Waals surface area contributed by atoms with Gasteiger partial charge in [0, 0.05) is 13.0 Å². The van der Waals surface area contributed by atoms with Crippen LogP contribution >= 0.6 is 0 Å². The van der Waals surface area contributed by atoms with E-state index in [0.717, 1.165) is 38.9 Å². The Morgan fingerprint density at radius 1 is 1.26 bits per heavy atom. The van der Waals surface area contributed by atoms with Crippen LogP contribution < -0.4 is 5.32 Å². The Morgan fingerprint density at radius 3 is 2.79 bits per heavy atom. The zero-order valence-electron chi connectivity index (χ0n) is 11.2. The summed E-state index contributed by atoms with van der Waals surface area (Å²) in [6.45, 7) is 5.05. The summed E-state index contributed by atoms with van der Waals surface area (Å²) in [5, 5.41) is 3.31. The maximum absolute atomic E-state index is 12.1. The average molecular weight is 270 g/mol. The second-order valence-corrected chi connectivity index (χ2v) is 5.56. The predicted molar refractivity (Wildman–Crippen MR) is 68.1 cm³/mol. The molecular weight excluding hydrogens is 248 g/mol. The Labute approximate surface area is 113 Å². The molecule has 1 atom stereocenters. The summed E-state index contributed by atoms with van der Waals surface area (Å²) in [5.74, 6) is 0. The van der Waals surface area contributed by atoms with Crippen LogP contribution in [0, 0.1) is 0 Å². The molecule has 1 spiro atoms. The van der Waals surface area contributed by atoms with Crippen molar-refractivity contribution in [1.29, 1.82) is 0 Å². The summed E-state index contributed by atoms with van der Waals surface area (Å²) in [7, 11) is 0. The lowest BCUT2D eigenvalue weighted by Gasteiger charge is -2.44. The number of rotatable bonds is 2. The van der Waals surface area contributed by atoms with Crippen LogP contribution in [0.25, 0.3) is 0 Å². The van der Waals surface area contributed by atoms with Gasteiger partial charge in [-0.15, -0.1) is 0 Å². The van der Waals surface area contributed by atoms with Crippen molar-refractivity contribution in [3.05, 3.63) is 0 Å². The molecule has 1 unspecified atom stereocenters. The SMILES string of the molecule is O=C1OC2(CCNCC2)CCN1CC1COCCO1. The minimum atomic E-state index is -0.219. The molecule has 0 aromatic rings. The van der Waals surface area contributed by atoms with E-state index in [-0.39, 0.29) is 17.8 Å². The number of carbonyl (C=O) groups excluding carboxylic acids is 1. The fourth-order valence-electron chi connectivity index (χ4n) is 3.02. The van der Waals surface area contributed by atoms with Crippen LogP contribution in [0.2, 0.25) is 0 Å². The van der Waals surface area contributed by atoms with Crippen LogP contribution in [0.1, 0.15) is 19.3 Å². The lowest BCUT2D eigenvalue weighted by molar-refractivity contribution is -0.111. The van der Waals surface area contributed by atoms with Gasteiger partial charge in [0.1, 0.15) is 5.60 Å². The van der Waals surface area contributed by atoms with Gasteiger partial charge in [-0.05, 0) is 25.9 Å². The van der Waals surface area contributed by atoms with Gasteiger partial charge < -0.3 is 24.4 Å². The highest BCUT2D eigenvalue weighted by Gasteiger charge is 2.41. The molecule has 3 rings (SSSR count). The zero-order chi connectivity index (χ0) is 13.1. The molecule has 3 fully saturated rings. The summed E-state index contributed by atoms with van der Waals surface area (Å²) in [4.78, 5) is 13.9. The first-order chi connectivity index (χ1) is 9.27. The number of hydrogen-bond donors (Lipinski definition) is 1. The molecule has 3 heterocycles. The predicted octanol–water partition coefficient (Wildman–Crippen LogP) is 0.366. The van der Waals surface area contributed by atoms with Crippen molar-refractivity contribution < 1.29 is 19.0 Å². The smallest absolute Gasteiger partial charge is 0.410 e. The fourth-order valence-corrected chi connectivity index (χ4v) is 3.02. The van der Waals surface area contributed by atoms with Gasteiger partial charge in [0.2, 0.25) is 0 Å². The number of amides is 1. The van der Waals surface area contributed by atoms with E-state index >= 15 is 0 Å². The number of ether oxygens (including phenoxy) is 3. The van der Waals surface area contributed by atoms with Crippen molar-refractivity contribution in [2.45, 2.75) is 31.0 Å². The van der Waals surface area contributed by atoms with Gasteiger partial charge in [0.15, 0.2) is 0 Å². The highest BCUT2D eigenvalue weighted by atomic mass is 16.6. The number of nitrogens with zero attached hydrogens (tertiary/aromatic N) is 1. The first-order valence-electron chi connectivity index (χ1n) is 7.15. The molecule has 19 heavy (non-hydrogen) atoms. The molecular formula is C13H22N2O4. The standard InChI is InChI=1S/C13H22N2O4/c16-12-15(9-11-10-17-7-8-18-11)6-3-13(19-12)1-4-14-5-2-13/h11,14H,1-10H2. The number of carbonyl (C=O) groups is 1. The van der Waals surface area contributed by atoms with E-state index in [1.165, 1.54) is 0 Å². The minimum absolute atomic E-state index is 0.0108. The van der Waals surface area contributed by atoms with Crippen LogP contribution in [0.3, 0.4) is 0 Å². The topological polar surface area (TPSA) is 60.0 Å². The molecule has 3 saturated heterocycles. The van der Waals surface area contributed by atoms with Gasteiger partial charge in [-0.2, -0.15) is 0 Å². The van der Waals surface area contributed by atoms with Crippen LogP contribution in [0.15, 0.2) is 0 Å². The van der Waals surface area contributed by atoms with Gasteiger partial charge in [0.05, 0.1) is 32.5 Å². The van der Waals surface area contributed by atoms with E-state index in [9.17, 15) is 4.79 Å². The lowest BCUT2D eigenvalue weighted by Crippen LogP contribution is -2.55. The minimum Gasteiger partial charge on any atom is -0.443 e. The van der Waals surface area contributed by atoms with E-state index < -0.39 is 0 Å². The highest BCUT2D eigenvalue weighted by molar-refractivity contribution is 5.69. The van der Waals surface area contributed by atoms with Crippen LogP contribution in [-0.2, 0) is 14.2 Å². The molecule has 0 saturated carbocycles. The Kier molecular flexibility index (Phi) is 3.91. The fraction of sp³-hybridized carbons (Fsp3) is 0.923. The summed E-state index contributed by atoms with van der Waals surface area (Å²) in [6.07, 6.45) is 2.57. The Balaban J connectivity index is 1.53. The molecule has 0 aromatic carbocycles. The van der Waals surface area contributed by atoms with E-state index in [1.54, 1.807) is 4.90 Å². The first-order valence-corrected chi connectivity index (χ1v) is 7.15. The number of hydrogen-bond acceptors (Lipinski definition) is 5. The molecule has 6 nitrogen and oxygen atoms in total. The second-order valence-electron chi connectivity index (χ2n) is 5.56. The molecule has 0 bridgehead atoms. The van der Waals surface area contributed by atoms with Crippen LogP contribution in [0.4, 0.5) is 4.79 Å². The number of piperidine rings is 1. The largest absolute Gasteiger partial charge is 0.443 e. The molecule has 1 amide bonds. The Morgan fingerprint density at radius 2 is 2.11 bits per heavy atom. The molecule has 0 aromatic heterocycles. The summed E-state index contributed by atoms with van der Waals surface area (Å²) < 4.78 is 16.7. The molecule has 1 N–H and O–H groups in total. The van der Waals surface area contributed by atoms with Crippen LogP contribution in [-0.4, -0.2) is 68.7 Å². The quantitative estimate of drug-likeness (QED) is 0.785. The van der Waals surface area contributed by atoms with Gasteiger partial charge >= 0.3 is 6.09 Å². The average Bonchev–Trinajstić information content (AvgIpc) is 2.44. The summed E-state index contributed by atoms with van der Waals surface area (Å²) in [6, 6.07) is 0. The maximum Gasteiger partial charge on any atom is 0.410 e. The van der Waals surface area contributed by atoms with Crippen molar-refractivity contribution in [3.63, 3.8) is 0 Å². The molecule has 108 valence electrons. The van der Waals surface area contributed by atoms with E-state index in [1.807, 2.05) is 0 Å². The van der Waals surface area contributed by atoms with Crippen molar-refractivity contribution in [1.82, 2.24) is 10.2 Å². The van der Waals surface area contributed by atoms with Gasteiger partial charge in [-0.1, -0.05) is 0 Å². The van der Waals surface area contributed by atoms with Crippen molar-refractivity contribution >= 4 is 6.09 Å². The first kappa shape index (κ1) is 13.1. The molecule has 0 aliphatic carbocycles. The van der Waals surface area contributed by atoms with E-state index in [4.69, 9.17) is 14.2 Å². The third-order valence-corrected chi connectivity index (χ3v) is 4.22. The third kappa shape index (κ3) is 3.01. The third-order valence-electron chi connectivity index (χ3n) is 4.22. The van der Waals surface area contributed by atoms with Crippen LogP contribution in [0.5, 0.6) is 0 Å². The highest BCUT2D eigenvalue weighted by Crippen LogP contribution is 2.31. The van der Waals surface area contributed by atoms with Gasteiger partial charge in [-0.3, -0.25) is 0 Å². The number of nitrogens with one attached hydrogen (secondary N) is 1. The summed E-state index contributed by atoms with van der Waals surface area (Å²) >= 11 is 0. The van der Waals surface area contributed by atoms with Crippen molar-refractivity contribution in [2.75, 3.05) is 46.0 Å².